The van der Waals surface area contributed by atoms with Gasteiger partial charge in [-0.05, 0) is 34.0 Å². The van der Waals surface area contributed by atoms with Crippen molar-refractivity contribution in [1.82, 2.24) is 4.98 Å². The van der Waals surface area contributed by atoms with E-state index in [1.165, 1.54) is 0 Å². The van der Waals surface area contributed by atoms with Crippen LogP contribution in [0.15, 0.2) is 22.8 Å². The van der Waals surface area contributed by atoms with Crippen LogP contribution in [0.3, 0.4) is 0 Å². The number of terminal acetylenes is 1. The predicted molar refractivity (Wildman–Crippen MR) is 45.1 cm³/mol. The van der Waals surface area contributed by atoms with E-state index in [4.69, 9.17) is 6.42 Å². The smallest absolute Gasteiger partial charge is 0.254 e. The second-order valence-corrected chi connectivity index (χ2v) is 2.63. The molecule has 0 fully saturated rings. The molecule has 0 radical (unpaired) electrons. The fourth-order valence-corrected chi connectivity index (χ4v) is 0.952. The van der Waals surface area contributed by atoms with Crippen LogP contribution >= 0.6 is 15.9 Å². The number of hydrogen-bond donors (Lipinski definition) is 0. The van der Waals surface area contributed by atoms with Crippen LogP contribution in [0, 0.1) is 12.3 Å². The number of ketones is 1. The topological polar surface area (TPSA) is 30.0 Å². The van der Waals surface area contributed by atoms with Gasteiger partial charge in [-0.25, -0.2) is 4.98 Å². The number of nitrogens with zero attached hydrogens (tertiary/aromatic N) is 1. The van der Waals surface area contributed by atoms with E-state index >= 15 is 0 Å². The maximum atomic E-state index is 10.8. The molecule has 0 saturated heterocycles. The number of rotatable bonds is 1. The molecule has 0 aliphatic heterocycles. The van der Waals surface area contributed by atoms with E-state index in [0.717, 1.165) is 0 Å². The van der Waals surface area contributed by atoms with Crippen LogP contribution in [-0.4, -0.2) is 10.8 Å². The molecule has 0 atom stereocenters. The van der Waals surface area contributed by atoms with Gasteiger partial charge < -0.3 is 0 Å². The Kier molecular flexibility index (Phi) is 2.40. The lowest BCUT2D eigenvalue weighted by molar-refractivity contribution is 0.105. The van der Waals surface area contributed by atoms with Gasteiger partial charge in [0.25, 0.3) is 5.78 Å². The Labute approximate surface area is 72.8 Å². The van der Waals surface area contributed by atoms with E-state index in [1.807, 2.05) is 5.92 Å². The second-order valence-electron chi connectivity index (χ2n) is 1.82. The minimum absolute atomic E-state index is 0.293. The molecule has 1 aromatic heterocycles. The van der Waals surface area contributed by atoms with E-state index in [1.54, 1.807) is 18.2 Å². The van der Waals surface area contributed by atoms with Crippen molar-refractivity contribution in [2.75, 3.05) is 0 Å². The predicted octanol–water partition coefficient (Wildman–Crippen LogP) is 1.66. The van der Waals surface area contributed by atoms with Gasteiger partial charge in [-0.1, -0.05) is 6.07 Å². The van der Waals surface area contributed by atoms with Crippen molar-refractivity contribution in [3.63, 3.8) is 0 Å². The molecule has 3 heteroatoms. The number of aromatic nitrogens is 1. The molecular weight excluding hydrogens is 206 g/mol. The molecule has 1 aromatic rings. The Morgan fingerprint density at radius 2 is 2.36 bits per heavy atom. The van der Waals surface area contributed by atoms with E-state index in [-0.39, 0.29) is 0 Å². The van der Waals surface area contributed by atoms with Crippen molar-refractivity contribution in [1.29, 1.82) is 0 Å². The molecule has 1 heterocycles. The van der Waals surface area contributed by atoms with Crippen LogP contribution in [-0.2, 0) is 0 Å². The SMILES string of the molecule is C#CC(=O)c1cccc(Br)n1. The molecule has 0 aromatic carbocycles. The van der Waals surface area contributed by atoms with Crippen molar-refractivity contribution in [3.8, 4) is 12.3 Å². The first-order valence-electron chi connectivity index (χ1n) is 2.87. The van der Waals surface area contributed by atoms with Crippen LogP contribution < -0.4 is 0 Å². The van der Waals surface area contributed by atoms with E-state index in [9.17, 15) is 4.79 Å². The van der Waals surface area contributed by atoms with Gasteiger partial charge in [-0.3, -0.25) is 4.79 Å². The summed E-state index contributed by atoms with van der Waals surface area (Å²) in [6.07, 6.45) is 4.90. The number of carbonyl (C=O) groups is 1. The molecule has 0 spiro atoms. The van der Waals surface area contributed by atoms with Gasteiger partial charge in [0.2, 0.25) is 0 Å². The fourth-order valence-electron chi connectivity index (χ4n) is 0.609. The first kappa shape index (κ1) is 7.96. The van der Waals surface area contributed by atoms with E-state index in [0.29, 0.717) is 10.3 Å². The van der Waals surface area contributed by atoms with Crippen LogP contribution in [0.1, 0.15) is 10.5 Å². The highest BCUT2D eigenvalue weighted by Crippen LogP contribution is 2.06. The number of carbonyl (C=O) groups excluding carboxylic acids is 1. The minimum Gasteiger partial charge on any atom is -0.277 e. The second kappa shape index (κ2) is 3.31. The van der Waals surface area contributed by atoms with Crippen LogP contribution in [0.5, 0.6) is 0 Å². The van der Waals surface area contributed by atoms with Crippen molar-refractivity contribution in [2.45, 2.75) is 0 Å². The minimum atomic E-state index is -0.397. The van der Waals surface area contributed by atoms with Gasteiger partial charge >= 0.3 is 0 Å². The molecule has 11 heavy (non-hydrogen) atoms. The Bertz CT molecular complexity index is 327. The summed E-state index contributed by atoms with van der Waals surface area (Å²) in [7, 11) is 0. The van der Waals surface area contributed by atoms with Gasteiger partial charge in [0, 0.05) is 0 Å². The lowest BCUT2D eigenvalue weighted by atomic mass is 10.3. The average molecular weight is 210 g/mol. The van der Waals surface area contributed by atoms with Crippen LogP contribution in [0.2, 0.25) is 0 Å². The van der Waals surface area contributed by atoms with Gasteiger partial charge in [0.1, 0.15) is 10.3 Å². The number of hydrogen-bond acceptors (Lipinski definition) is 2. The van der Waals surface area contributed by atoms with Crippen molar-refractivity contribution < 1.29 is 4.79 Å². The summed E-state index contributed by atoms with van der Waals surface area (Å²) in [5.41, 5.74) is 0.293. The van der Waals surface area contributed by atoms with Crippen molar-refractivity contribution in [3.05, 3.63) is 28.5 Å². The van der Waals surface area contributed by atoms with Gasteiger partial charge in [-0.15, -0.1) is 6.42 Å². The third-order valence-corrected chi connectivity index (χ3v) is 1.52. The summed E-state index contributed by atoms with van der Waals surface area (Å²) in [4.78, 5) is 14.7. The molecule has 54 valence electrons. The lowest BCUT2D eigenvalue weighted by Crippen LogP contribution is -1.97. The molecule has 0 aliphatic carbocycles. The number of Topliss-reactive ketones (excluding diaryl/α,β-unsaturated/α-hetero) is 1. The Balaban J connectivity index is 3.08. The Morgan fingerprint density at radius 3 is 2.91 bits per heavy atom. The maximum absolute atomic E-state index is 10.8. The third-order valence-electron chi connectivity index (χ3n) is 1.08. The average Bonchev–Trinajstić information content (AvgIpc) is 2.03. The first-order chi connectivity index (χ1) is 5.24. The zero-order valence-corrected chi connectivity index (χ0v) is 7.13. The van der Waals surface area contributed by atoms with Gasteiger partial charge in [0.15, 0.2) is 0 Å². The summed E-state index contributed by atoms with van der Waals surface area (Å²) in [5, 5.41) is 0. The monoisotopic (exact) mass is 209 g/mol. The summed E-state index contributed by atoms with van der Waals surface area (Å²) in [6, 6.07) is 5.02. The Morgan fingerprint density at radius 1 is 1.64 bits per heavy atom. The zero-order chi connectivity index (χ0) is 8.27. The van der Waals surface area contributed by atoms with Crippen LogP contribution in [0.25, 0.3) is 0 Å². The van der Waals surface area contributed by atoms with Crippen molar-refractivity contribution >= 4 is 21.7 Å². The zero-order valence-electron chi connectivity index (χ0n) is 5.54. The normalized spacial score (nSPS) is 8.73. The molecule has 0 N–H and O–H groups in total. The lowest BCUT2D eigenvalue weighted by Gasteiger charge is -1.92. The fraction of sp³-hybridized carbons (Fsp3) is 0. The molecular formula is C8H4BrNO. The van der Waals surface area contributed by atoms with Gasteiger partial charge in [-0.2, -0.15) is 0 Å². The molecule has 1 rings (SSSR count). The quantitative estimate of drug-likeness (QED) is 0.305. The summed E-state index contributed by atoms with van der Waals surface area (Å²) in [6.45, 7) is 0. The van der Waals surface area contributed by atoms with Crippen LogP contribution in [0.4, 0.5) is 0 Å². The number of halogens is 1. The molecule has 0 saturated carbocycles. The molecule has 0 aliphatic rings. The molecule has 0 bridgehead atoms. The summed E-state index contributed by atoms with van der Waals surface area (Å²) >= 11 is 3.13. The third kappa shape index (κ3) is 1.89. The maximum Gasteiger partial charge on any atom is 0.254 e. The highest BCUT2D eigenvalue weighted by molar-refractivity contribution is 9.10. The molecule has 0 amide bonds. The highest BCUT2D eigenvalue weighted by atomic mass is 79.9. The standard InChI is InChI=1S/C8H4BrNO/c1-2-7(11)6-4-3-5-8(9)10-6/h1,3-5H. The Hall–Kier alpha value is -1.14. The molecule has 2 nitrogen and oxygen atoms in total. The van der Waals surface area contributed by atoms with Crippen molar-refractivity contribution in [2.24, 2.45) is 0 Å². The van der Waals surface area contributed by atoms with Gasteiger partial charge in [0.05, 0.1) is 0 Å². The highest BCUT2D eigenvalue weighted by Gasteiger charge is 2.01. The molecule has 0 unspecified atom stereocenters. The summed E-state index contributed by atoms with van der Waals surface area (Å²) < 4.78 is 0.610. The summed E-state index contributed by atoms with van der Waals surface area (Å²) in [5.74, 6) is 1.59. The first-order valence-corrected chi connectivity index (χ1v) is 3.67. The van der Waals surface area contributed by atoms with E-state index in [2.05, 4.69) is 20.9 Å². The largest absolute Gasteiger partial charge is 0.277 e. The number of pyridine rings is 1. The van der Waals surface area contributed by atoms with E-state index < -0.39 is 5.78 Å².